The zero-order chi connectivity index (χ0) is 22.9. The third kappa shape index (κ3) is 7.88. The van der Waals surface area contributed by atoms with Crippen LogP contribution in [0.4, 0.5) is 18.9 Å². The van der Waals surface area contributed by atoms with Crippen molar-refractivity contribution in [1.82, 2.24) is 9.97 Å². The fraction of sp³-hybridized carbons (Fsp3) is 0.429. The van der Waals surface area contributed by atoms with E-state index in [-0.39, 0.29) is 6.42 Å². The molecule has 2 aromatic rings. The third-order valence-electron chi connectivity index (χ3n) is 4.97. The molecule has 0 atom stereocenters. The van der Waals surface area contributed by atoms with Gasteiger partial charge in [-0.15, -0.1) is 0 Å². The molecular formula is C21H24F3N3O4. The number of rotatable bonds is 6. The number of hydrogen-bond acceptors (Lipinski definition) is 5. The lowest BCUT2D eigenvalue weighted by atomic mass is 9.91. The van der Waals surface area contributed by atoms with Crippen molar-refractivity contribution in [2.75, 3.05) is 18.0 Å². The van der Waals surface area contributed by atoms with Gasteiger partial charge in [0.15, 0.2) is 0 Å². The van der Waals surface area contributed by atoms with E-state index in [2.05, 4.69) is 27.0 Å². The zero-order valence-corrected chi connectivity index (χ0v) is 16.8. The van der Waals surface area contributed by atoms with Crippen LogP contribution in [0.1, 0.15) is 32.1 Å². The van der Waals surface area contributed by atoms with Crippen LogP contribution in [0.15, 0.2) is 43.0 Å². The first-order valence-electron chi connectivity index (χ1n) is 9.79. The van der Waals surface area contributed by atoms with Gasteiger partial charge in [-0.3, -0.25) is 14.8 Å². The van der Waals surface area contributed by atoms with Crippen LogP contribution in [0, 0.1) is 5.92 Å². The highest BCUT2D eigenvalue weighted by Gasteiger charge is 2.38. The number of hydrogen-bond donors (Lipinski definition) is 2. The molecule has 1 saturated heterocycles. The Hall–Kier alpha value is -3.17. The van der Waals surface area contributed by atoms with Gasteiger partial charge in [0, 0.05) is 61.1 Å². The van der Waals surface area contributed by atoms with Gasteiger partial charge in [0.2, 0.25) is 0 Å². The van der Waals surface area contributed by atoms with Crippen molar-refractivity contribution < 1.29 is 33.0 Å². The lowest BCUT2D eigenvalue weighted by Gasteiger charge is -2.34. The second-order valence-corrected chi connectivity index (χ2v) is 7.15. The number of carbonyl (C=O) groups is 2. The van der Waals surface area contributed by atoms with Crippen LogP contribution in [0.25, 0.3) is 11.1 Å². The number of nitrogens with zero attached hydrogens (tertiary/aromatic N) is 3. The number of halogens is 3. The van der Waals surface area contributed by atoms with Crippen molar-refractivity contribution in [2.24, 2.45) is 5.92 Å². The Labute approximate surface area is 177 Å². The molecule has 2 aromatic heterocycles. The molecule has 0 bridgehead atoms. The Balaban J connectivity index is 0.000000423. The molecule has 31 heavy (non-hydrogen) atoms. The van der Waals surface area contributed by atoms with Crippen LogP contribution in [0.2, 0.25) is 0 Å². The van der Waals surface area contributed by atoms with Crippen molar-refractivity contribution >= 4 is 17.6 Å². The number of anilines is 1. The summed E-state index contributed by atoms with van der Waals surface area (Å²) in [5.41, 5.74) is 3.42. The first-order valence-corrected chi connectivity index (χ1v) is 9.79. The van der Waals surface area contributed by atoms with E-state index in [0.717, 1.165) is 49.9 Å². The predicted molar refractivity (Wildman–Crippen MR) is 108 cm³/mol. The summed E-state index contributed by atoms with van der Waals surface area (Å²) in [5, 5.41) is 15.9. The van der Waals surface area contributed by atoms with E-state index in [1.54, 1.807) is 6.20 Å². The molecule has 0 aromatic carbocycles. The van der Waals surface area contributed by atoms with E-state index < -0.39 is 18.1 Å². The lowest BCUT2D eigenvalue weighted by Crippen LogP contribution is -2.34. The number of aliphatic carboxylic acids is 2. The molecule has 3 heterocycles. The van der Waals surface area contributed by atoms with Gasteiger partial charge in [-0.1, -0.05) is 6.07 Å². The van der Waals surface area contributed by atoms with Gasteiger partial charge < -0.3 is 15.1 Å². The molecule has 1 fully saturated rings. The quantitative estimate of drug-likeness (QED) is 0.694. The van der Waals surface area contributed by atoms with Gasteiger partial charge in [0.1, 0.15) is 0 Å². The summed E-state index contributed by atoms with van der Waals surface area (Å²) in [6.07, 6.45) is 6.65. The summed E-state index contributed by atoms with van der Waals surface area (Å²) in [6, 6.07) is 6.08. The molecule has 168 valence electrons. The van der Waals surface area contributed by atoms with E-state index in [1.165, 1.54) is 5.69 Å². The van der Waals surface area contributed by atoms with Gasteiger partial charge in [0.05, 0.1) is 0 Å². The molecule has 0 amide bonds. The summed E-state index contributed by atoms with van der Waals surface area (Å²) in [6.45, 7) is 2.02. The number of alkyl halides is 3. The number of carboxylic acid groups (broad SMARTS) is 2. The first-order chi connectivity index (χ1) is 14.7. The largest absolute Gasteiger partial charge is 0.490 e. The minimum absolute atomic E-state index is 0.287. The molecule has 2 N–H and O–H groups in total. The molecule has 0 radical (unpaired) electrons. The van der Waals surface area contributed by atoms with Crippen LogP contribution < -0.4 is 4.90 Å². The third-order valence-corrected chi connectivity index (χ3v) is 4.97. The number of piperidine rings is 1. The number of pyridine rings is 2. The van der Waals surface area contributed by atoms with Gasteiger partial charge in [-0.05, 0) is 43.7 Å². The van der Waals surface area contributed by atoms with Gasteiger partial charge in [-0.2, -0.15) is 13.2 Å². The average molecular weight is 439 g/mol. The van der Waals surface area contributed by atoms with Gasteiger partial charge in [-0.25, -0.2) is 4.79 Å². The molecule has 10 heteroatoms. The second-order valence-electron chi connectivity index (χ2n) is 7.15. The number of carboxylic acids is 2. The van der Waals surface area contributed by atoms with Crippen LogP contribution >= 0.6 is 0 Å². The van der Waals surface area contributed by atoms with Gasteiger partial charge >= 0.3 is 18.1 Å². The van der Waals surface area contributed by atoms with Crippen molar-refractivity contribution in [1.29, 1.82) is 0 Å². The Morgan fingerprint density at radius 2 is 1.71 bits per heavy atom. The molecule has 7 nitrogen and oxygen atoms in total. The van der Waals surface area contributed by atoms with Crippen molar-refractivity contribution in [3.8, 4) is 11.1 Å². The smallest absolute Gasteiger partial charge is 0.481 e. The molecule has 1 aliphatic heterocycles. The van der Waals surface area contributed by atoms with E-state index >= 15 is 0 Å². The van der Waals surface area contributed by atoms with Crippen molar-refractivity contribution in [3.05, 3.63) is 43.0 Å². The Bertz CT molecular complexity index is 854. The lowest BCUT2D eigenvalue weighted by molar-refractivity contribution is -0.192. The van der Waals surface area contributed by atoms with E-state index in [4.69, 9.17) is 15.0 Å². The van der Waals surface area contributed by atoms with Crippen LogP contribution in [0.5, 0.6) is 0 Å². The molecule has 1 aliphatic rings. The average Bonchev–Trinajstić information content (AvgIpc) is 2.74. The molecular weight excluding hydrogens is 415 g/mol. The minimum atomic E-state index is -5.08. The maximum Gasteiger partial charge on any atom is 0.490 e. The fourth-order valence-electron chi connectivity index (χ4n) is 3.41. The Kier molecular flexibility index (Phi) is 8.77. The number of aromatic nitrogens is 2. The molecule has 0 unspecified atom stereocenters. The standard InChI is InChI=1S/C19H23N3O2.C2HF3O2/c23-19(24)5-1-3-15-7-11-22(12-8-15)18-6-10-21-14-17(18)16-4-2-9-20-13-16;3-2(4,5)1(6)7/h2,4,6,9-10,13-15H,1,3,5,7-8,11-12H2,(H,23,24);(H,6,7). The highest BCUT2D eigenvalue weighted by atomic mass is 19.4. The monoisotopic (exact) mass is 439 g/mol. The second kappa shape index (κ2) is 11.3. The first kappa shape index (κ1) is 24.1. The summed E-state index contributed by atoms with van der Waals surface area (Å²) in [5.74, 6) is -2.80. The summed E-state index contributed by atoms with van der Waals surface area (Å²) in [4.78, 5) is 30.4. The van der Waals surface area contributed by atoms with Crippen molar-refractivity contribution in [2.45, 2.75) is 38.3 Å². The van der Waals surface area contributed by atoms with Crippen LogP contribution in [0.3, 0.4) is 0 Å². The van der Waals surface area contributed by atoms with Gasteiger partial charge in [0.25, 0.3) is 0 Å². The van der Waals surface area contributed by atoms with Crippen LogP contribution in [-0.4, -0.2) is 51.4 Å². The molecule has 0 spiro atoms. The zero-order valence-electron chi connectivity index (χ0n) is 16.8. The Morgan fingerprint density at radius 1 is 1.06 bits per heavy atom. The van der Waals surface area contributed by atoms with E-state index in [0.29, 0.717) is 5.92 Å². The fourth-order valence-corrected chi connectivity index (χ4v) is 3.41. The highest BCUT2D eigenvalue weighted by Crippen LogP contribution is 2.33. The maximum absolute atomic E-state index is 10.6. The summed E-state index contributed by atoms with van der Waals surface area (Å²) < 4.78 is 31.7. The van der Waals surface area contributed by atoms with Crippen molar-refractivity contribution in [3.63, 3.8) is 0 Å². The SMILES string of the molecule is O=C(O)C(F)(F)F.O=C(O)CCCC1CCN(c2ccncc2-c2cccnc2)CC1. The molecule has 0 saturated carbocycles. The van der Waals surface area contributed by atoms with E-state index in [1.807, 2.05) is 24.7 Å². The topological polar surface area (TPSA) is 104 Å². The minimum Gasteiger partial charge on any atom is -0.481 e. The van der Waals surface area contributed by atoms with Crippen LogP contribution in [-0.2, 0) is 9.59 Å². The highest BCUT2D eigenvalue weighted by molar-refractivity contribution is 5.77. The molecule has 0 aliphatic carbocycles. The Morgan fingerprint density at radius 3 is 2.26 bits per heavy atom. The normalized spacial score (nSPS) is 14.5. The molecule has 3 rings (SSSR count). The summed E-state index contributed by atoms with van der Waals surface area (Å²) >= 11 is 0. The van der Waals surface area contributed by atoms with E-state index in [9.17, 15) is 18.0 Å². The summed E-state index contributed by atoms with van der Waals surface area (Å²) in [7, 11) is 0. The maximum atomic E-state index is 10.6. The predicted octanol–water partition coefficient (Wildman–Crippen LogP) is 4.25.